The molecule has 0 radical (unpaired) electrons. The summed E-state index contributed by atoms with van der Waals surface area (Å²) >= 11 is 3.34. The molecule has 6 nitrogen and oxygen atoms in total. The van der Waals surface area contributed by atoms with Gasteiger partial charge in [0, 0.05) is 4.47 Å². The number of rotatable bonds is 4. The van der Waals surface area contributed by atoms with Crippen molar-refractivity contribution in [3.05, 3.63) is 58.9 Å². The molecule has 122 valence electrons. The molecule has 0 aliphatic rings. The Morgan fingerprint density at radius 1 is 1.25 bits per heavy atom. The van der Waals surface area contributed by atoms with Crippen LogP contribution < -0.4 is 5.32 Å². The standard InChI is InChI=1S/C17H13BrN2O4/c1-10(16(21)20-13-5-3-2-4-12(13)18)24-17(22)11-6-7-15-14(8-11)19-9-23-15/h2-10H,1H3,(H,20,21). The first-order chi connectivity index (χ1) is 11.5. The highest BCUT2D eigenvalue weighted by molar-refractivity contribution is 9.10. The summed E-state index contributed by atoms with van der Waals surface area (Å²) in [5, 5.41) is 2.70. The largest absolute Gasteiger partial charge is 0.449 e. The van der Waals surface area contributed by atoms with E-state index in [9.17, 15) is 9.59 Å². The van der Waals surface area contributed by atoms with Crippen molar-refractivity contribution in [1.29, 1.82) is 0 Å². The molecule has 1 unspecified atom stereocenters. The Morgan fingerprint density at radius 2 is 2.04 bits per heavy atom. The highest BCUT2D eigenvalue weighted by Crippen LogP contribution is 2.21. The molecule has 1 N–H and O–H groups in total. The second-order valence-corrected chi connectivity index (χ2v) is 5.91. The van der Waals surface area contributed by atoms with Gasteiger partial charge in [-0.2, -0.15) is 0 Å². The number of esters is 1. The van der Waals surface area contributed by atoms with Crippen LogP contribution in [0.3, 0.4) is 0 Å². The molecule has 0 fully saturated rings. The van der Waals surface area contributed by atoms with Crippen LogP contribution in [-0.4, -0.2) is 23.0 Å². The van der Waals surface area contributed by atoms with Crippen molar-refractivity contribution in [3.63, 3.8) is 0 Å². The molecule has 1 aromatic heterocycles. The number of oxazole rings is 1. The summed E-state index contributed by atoms with van der Waals surface area (Å²) < 4.78 is 11.1. The Balaban J connectivity index is 1.67. The number of carbonyl (C=O) groups excluding carboxylic acids is 2. The van der Waals surface area contributed by atoms with Crippen LogP contribution in [0.4, 0.5) is 5.69 Å². The Kier molecular flexibility index (Phi) is 4.61. The monoisotopic (exact) mass is 388 g/mol. The number of nitrogens with one attached hydrogen (secondary N) is 1. The van der Waals surface area contributed by atoms with Gasteiger partial charge in [-0.3, -0.25) is 4.79 Å². The van der Waals surface area contributed by atoms with Crippen LogP contribution in [0.1, 0.15) is 17.3 Å². The number of para-hydroxylation sites is 1. The fraction of sp³-hybridized carbons (Fsp3) is 0.118. The normalized spacial score (nSPS) is 11.9. The molecule has 0 bridgehead atoms. The van der Waals surface area contributed by atoms with Gasteiger partial charge in [0.15, 0.2) is 18.1 Å². The van der Waals surface area contributed by atoms with Crippen molar-refractivity contribution in [2.24, 2.45) is 0 Å². The second kappa shape index (κ2) is 6.84. The number of fused-ring (bicyclic) bond motifs is 1. The molecule has 1 heterocycles. The van der Waals surface area contributed by atoms with Crippen molar-refractivity contribution in [2.45, 2.75) is 13.0 Å². The highest BCUT2D eigenvalue weighted by atomic mass is 79.9. The highest BCUT2D eigenvalue weighted by Gasteiger charge is 2.20. The number of aromatic nitrogens is 1. The molecule has 0 saturated heterocycles. The van der Waals surface area contributed by atoms with E-state index in [-0.39, 0.29) is 0 Å². The third kappa shape index (κ3) is 3.46. The maximum absolute atomic E-state index is 12.2. The maximum atomic E-state index is 12.2. The van der Waals surface area contributed by atoms with Crippen molar-refractivity contribution in [3.8, 4) is 0 Å². The lowest BCUT2D eigenvalue weighted by atomic mass is 10.2. The molecule has 0 aliphatic carbocycles. The van der Waals surface area contributed by atoms with E-state index in [4.69, 9.17) is 9.15 Å². The van der Waals surface area contributed by atoms with Crippen LogP contribution >= 0.6 is 15.9 Å². The first-order valence-corrected chi connectivity index (χ1v) is 7.93. The molecule has 0 aliphatic heterocycles. The Hall–Kier alpha value is -2.67. The van der Waals surface area contributed by atoms with E-state index < -0.39 is 18.0 Å². The summed E-state index contributed by atoms with van der Waals surface area (Å²) in [6.45, 7) is 1.51. The molecule has 3 aromatic rings. The zero-order valence-electron chi connectivity index (χ0n) is 12.7. The van der Waals surface area contributed by atoms with Crippen LogP contribution in [0.2, 0.25) is 0 Å². The minimum absolute atomic E-state index is 0.303. The predicted octanol–water partition coefficient (Wildman–Crippen LogP) is 3.77. The number of hydrogen-bond donors (Lipinski definition) is 1. The number of carbonyl (C=O) groups is 2. The summed E-state index contributed by atoms with van der Waals surface area (Å²) in [7, 11) is 0. The van der Waals surface area contributed by atoms with E-state index in [1.807, 2.05) is 6.07 Å². The number of benzene rings is 2. The van der Waals surface area contributed by atoms with Crippen LogP contribution in [-0.2, 0) is 9.53 Å². The van der Waals surface area contributed by atoms with Gasteiger partial charge in [-0.15, -0.1) is 0 Å². The quantitative estimate of drug-likeness (QED) is 0.687. The van der Waals surface area contributed by atoms with Gasteiger partial charge in [-0.1, -0.05) is 12.1 Å². The minimum Gasteiger partial charge on any atom is -0.449 e. The van der Waals surface area contributed by atoms with Crippen LogP contribution in [0.5, 0.6) is 0 Å². The molecule has 0 spiro atoms. The first kappa shape index (κ1) is 16.2. The lowest BCUT2D eigenvalue weighted by Gasteiger charge is -2.14. The van der Waals surface area contributed by atoms with Gasteiger partial charge < -0.3 is 14.5 Å². The second-order valence-electron chi connectivity index (χ2n) is 5.05. The van der Waals surface area contributed by atoms with E-state index in [2.05, 4.69) is 26.2 Å². The van der Waals surface area contributed by atoms with Crippen molar-refractivity contribution in [1.82, 2.24) is 4.98 Å². The molecule has 0 saturated carbocycles. The zero-order valence-corrected chi connectivity index (χ0v) is 14.2. The molecule has 2 aromatic carbocycles. The van der Waals surface area contributed by atoms with Crippen LogP contribution in [0.15, 0.2) is 57.7 Å². The van der Waals surface area contributed by atoms with Gasteiger partial charge in [-0.05, 0) is 53.2 Å². The molecular formula is C17H13BrN2O4. The molecule has 1 amide bonds. The van der Waals surface area contributed by atoms with Crippen molar-refractivity contribution < 1.29 is 18.7 Å². The average molecular weight is 389 g/mol. The average Bonchev–Trinajstić information content (AvgIpc) is 3.04. The zero-order chi connectivity index (χ0) is 17.1. The molecule has 3 rings (SSSR count). The summed E-state index contributed by atoms with van der Waals surface area (Å²) in [6.07, 6.45) is 0.353. The van der Waals surface area contributed by atoms with E-state index in [1.54, 1.807) is 36.4 Å². The Morgan fingerprint density at radius 3 is 2.83 bits per heavy atom. The van der Waals surface area contributed by atoms with Gasteiger partial charge in [0.25, 0.3) is 5.91 Å². The number of nitrogens with zero attached hydrogens (tertiary/aromatic N) is 1. The number of hydrogen-bond acceptors (Lipinski definition) is 5. The summed E-state index contributed by atoms with van der Waals surface area (Å²) in [6, 6.07) is 11.9. The smallest absolute Gasteiger partial charge is 0.338 e. The summed E-state index contributed by atoms with van der Waals surface area (Å²) in [4.78, 5) is 28.3. The maximum Gasteiger partial charge on any atom is 0.338 e. The summed E-state index contributed by atoms with van der Waals surface area (Å²) in [5.74, 6) is -1.02. The number of ether oxygens (including phenoxy) is 1. The van der Waals surface area contributed by atoms with Gasteiger partial charge in [0.05, 0.1) is 11.3 Å². The minimum atomic E-state index is -0.947. The number of anilines is 1. The molecule has 7 heteroatoms. The Bertz CT molecular complexity index is 906. The fourth-order valence-corrected chi connectivity index (χ4v) is 2.45. The van der Waals surface area contributed by atoms with Crippen LogP contribution in [0, 0.1) is 0 Å². The lowest BCUT2D eigenvalue weighted by molar-refractivity contribution is -0.123. The number of amides is 1. The number of halogens is 1. The predicted molar refractivity (Wildman–Crippen MR) is 91.7 cm³/mol. The third-order valence-corrected chi connectivity index (χ3v) is 4.04. The van der Waals surface area contributed by atoms with Gasteiger partial charge >= 0.3 is 5.97 Å². The van der Waals surface area contributed by atoms with Gasteiger partial charge in [0.2, 0.25) is 0 Å². The van der Waals surface area contributed by atoms with E-state index in [0.29, 0.717) is 22.4 Å². The first-order valence-electron chi connectivity index (χ1n) is 7.14. The van der Waals surface area contributed by atoms with E-state index in [1.165, 1.54) is 13.3 Å². The molecular weight excluding hydrogens is 376 g/mol. The summed E-state index contributed by atoms with van der Waals surface area (Å²) in [5.41, 5.74) is 2.03. The van der Waals surface area contributed by atoms with E-state index in [0.717, 1.165) is 4.47 Å². The van der Waals surface area contributed by atoms with E-state index >= 15 is 0 Å². The SMILES string of the molecule is CC(OC(=O)c1ccc2ocnc2c1)C(=O)Nc1ccccc1Br. The van der Waals surface area contributed by atoms with Gasteiger partial charge in [-0.25, -0.2) is 9.78 Å². The topological polar surface area (TPSA) is 81.4 Å². The molecule has 1 atom stereocenters. The lowest BCUT2D eigenvalue weighted by Crippen LogP contribution is -2.30. The third-order valence-electron chi connectivity index (χ3n) is 3.35. The van der Waals surface area contributed by atoms with Crippen molar-refractivity contribution >= 4 is 44.6 Å². The fourth-order valence-electron chi connectivity index (χ4n) is 2.06. The van der Waals surface area contributed by atoms with Crippen LogP contribution in [0.25, 0.3) is 11.1 Å². The van der Waals surface area contributed by atoms with Gasteiger partial charge in [0.1, 0.15) is 5.52 Å². The Labute approximate surface area is 145 Å². The van der Waals surface area contributed by atoms with Crippen molar-refractivity contribution in [2.75, 3.05) is 5.32 Å². The molecule has 24 heavy (non-hydrogen) atoms.